The van der Waals surface area contributed by atoms with Gasteiger partial charge in [0.25, 0.3) is 0 Å². The van der Waals surface area contributed by atoms with Gasteiger partial charge in [-0.2, -0.15) is 0 Å². The Hall–Kier alpha value is -2.36. The number of amides is 1. The van der Waals surface area contributed by atoms with Gasteiger partial charge in [-0.1, -0.05) is 12.1 Å². The molecule has 0 spiro atoms. The summed E-state index contributed by atoms with van der Waals surface area (Å²) in [5.41, 5.74) is 2.09. The standard InChI is InChI=1S/C23H29FN4O2.HI/c1-25-23(26-14-2-3-16-30-21-12-8-19(24)9-13-21)27-17-18-6-10-20(11-7-18)28-15-4-5-22(28)29;/h6-13H,2-5,14-17H2,1H3,(H2,25,26,27);1H. The van der Waals surface area contributed by atoms with Crippen molar-refractivity contribution in [1.29, 1.82) is 0 Å². The van der Waals surface area contributed by atoms with Crippen molar-refractivity contribution in [2.45, 2.75) is 32.2 Å². The molecule has 2 aromatic carbocycles. The number of guanidine groups is 1. The average Bonchev–Trinajstić information content (AvgIpc) is 3.20. The predicted molar refractivity (Wildman–Crippen MR) is 133 cm³/mol. The fourth-order valence-electron chi connectivity index (χ4n) is 3.28. The minimum absolute atomic E-state index is 0. The molecule has 0 aliphatic carbocycles. The minimum atomic E-state index is -0.261. The molecular weight excluding hydrogens is 510 g/mol. The van der Waals surface area contributed by atoms with Crippen LogP contribution in [0.3, 0.4) is 0 Å². The van der Waals surface area contributed by atoms with E-state index in [9.17, 15) is 9.18 Å². The van der Waals surface area contributed by atoms with Gasteiger partial charge in [0.15, 0.2) is 5.96 Å². The fraction of sp³-hybridized carbons (Fsp3) is 0.391. The van der Waals surface area contributed by atoms with Crippen LogP contribution in [-0.4, -0.2) is 38.6 Å². The zero-order chi connectivity index (χ0) is 21.2. The van der Waals surface area contributed by atoms with E-state index in [-0.39, 0.29) is 35.7 Å². The van der Waals surface area contributed by atoms with Crippen LogP contribution in [0.15, 0.2) is 53.5 Å². The number of carbonyl (C=O) groups excluding carboxylic acids is 1. The Kier molecular flexibility index (Phi) is 10.6. The van der Waals surface area contributed by atoms with Gasteiger partial charge in [-0.3, -0.25) is 9.79 Å². The van der Waals surface area contributed by atoms with Crippen molar-refractivity contribution in [1.82, 2.24) is 10.6 Å². The summed E-state index contributed by atoms with van der Waals surface area (Å²) in [5.74, 6) is 1.37. The van der Waals surface area contributed by atoms with E-state index in [1.54, 1.807) is 19.2 Å². The lowest BCUT2D eigenvalue weighted by molar-refractivity contribution is -0.117. The fourth-order valence-corrected chi connectivity index (χ4v) is 3.28. The molecule has 0 radical (unpaired) electrons. The molecule has 1 saturated heterocycles. The van der Waals surface area contributed by atoms with Gasteiger partial charge < -0.3 is 20.3 Å². The Morgan fingerprint density at radius 2 is 1.84 bits per heavy atom. The number of hydrogen-bond donors (Lipinski definition) is 2. The van der Waals surface area contributed by atoms with Gasteiger partial charge in [-0.05, 0) is 61.2 Å². The molecule has 2 N–H and O–H groups in total. The summed E-state index contributed by atoms with van der Waals surface area (Å²) in [7, 11) is 1.75. The van der Waals surface area contributed by atoms with Crippen LogP contribution in [0.1, 0.15) is 31.2 Å². The zero-order valence-corrected chi connectivity index (χ0v) is 20.1. The molecule has 31 heavy (non-hydrogen) atoms. The van der Waals surface area contributed by atoms with Crippen LogP contribution in [0.5, 0.6) is 5.75 Å². The number of nitrogens with one attached hydrogen (secondary N) is 2. The number of aliphatic imine (C=N–C) groups is 1. The largest absolute Gasteiger partial charge is 0.494 e. The first kappa shape index (κ1) is 24.9. The molecule has 0 aromatic heterocycles. The molecular formula is C23H30FIN4O2. The number of rotatable bonds is 9. The van der Waals surface area contributed by atoms with E-state index < -0.39 is 0 Å². The normalized spacial score (nSPS) is 13.7. The van der Waals surface area contributed by atoms with E-state index in [0.717, 1.165) is 49.6 Å². The molecule has 8 heteroatoms. The molecule has 1 amide bonds. The van der Waals surface area contributed by atoms with Crippen LogP contribution in [0.25, 0.3) is 0 Å². The van der Waals surface area contributed by atoms with Crippen LogP contribution in [0, 0.1) is 5.82 Å². The maximum Gasteiger partial charge on any atom is 0.227 e. The second-order valence-electron chi connectivity index (χ2n) is 7.18. The van der Waals surface area contributed by atoms with Crippen molar-refractivity contribution in [3.63, 3.8) is 0 Å². The summed E-state index contributed by atoms with van der Waals surface area (Å²) >= 11 is 0. The van der Waals surface area contributed by atoms with Gasteiger partial charge >= 0.3 is 0 Å². The molecule has 1 aliphatic heterocycles. The minimum Gasteiger partial charge on any atom is -0.494 e. The summed E-state index contributed by atoms with van der Waals surface area (Å²) < 4.78 is 18.4. The number of halogens is 2. The van der Waals surface area contributed by atoms with Crippen molar-refractivity contribution >= 4 is 41.5 Å². The Labute approximate surface area is 200 Å². The highest BCUT2D eigenvalue weighted by molar-refractivity contribution is 14.0. The maximum atomic E-state index is 12.9. The highest BCUT2D eigenvalue weighted by Gasteiger charge is 2.21. The van der Waals surface area contributed by atoms with Gasteiger partial charge in [-0.15, -0.1) is 24.0 Å². The van der Waals surface area contributed by atoms with Gasteiger partial charge in [0.05, 0.1) is 6.61 Å². The third kappa shape index (κ3) is 8.01. The van der Waals surface area contributed by atoms with Crippen LogP contribution in [0.4, 0.5) is 10.1 Å². The van der Waals surface area contributed by atoms with Crippen molar-refractivity contribution in [3.05, 3.63) is 59.9 Å². The van der Waals surface area contributed by atoms with E-state index in [2.05, 4.69) is 15.6 Å². The molecule has 0 atom stereocenters. The van der Waals surface area contributed by atoms with Gasteiger partial charge in [0.2, 0.25) is 5.91 Å². The summed E-state index contributed by atoms with van der Waals surface area (Å²) in [4.78, 5) is 17.9. The highest BCUT2D eigenvalue weighted by atomic mass is 127. The predicted octanol–water partition coefficient (Wildman–Crippen LogP) is 4.09. The first-order valence-corrected chi connectivity index (χ1v) is 10.4. The van der Waals surface area contributed by atoms with E-state index >= 15 is 0 Å². The topological polar surface area (TPSA) is 66.0 Å². The lowest BCUT2D eigenvalue weighted by atomic mass is 10.2. The maximum absolute atomic E-state index is 12.9. The number of hydrogen-bond acceptors (Lipinski definition) is 3. The molecule has 0 unspecified atom stereocenters. The van der Waals surface area contributed by atoms with Gasteiger partial charge in [0.1, 0.15) is 11.6 Å². The molecule has 168 valence electrons. The monoisotopic (exact) mass is 540 g/mol. The van der Waals surface area contributed by atoms with E-state index in [0.29, 0.717) is 25.3 Å². The second-order valence-corrected chi connectivity index (χ2v) is 7.18. The molecule has 1 fully saturated rings. The Morgan fingerprint density at radius 1 is 1.10 bits per heavy atom. The lowest BCUT2D eigenvalue weighted by Crippen LogP contribution is -2.37. The number of nitrogens with zero attached hydrogens (tertiary/aromatic N) is 2. The summed E-state index contributed by atoms with van der Waals surface area (Å²) in [6.07, 6.45) is 3.39. The van der Waals surface area contributed by atoms with Crippen LogP contribution in [-0.2, 0) is 11.3 Å². The van der Waals surface area contributed by atoms with Crippen molar-refractivity contribution in [3.8, 4) is 5.75 Å². The smallest absolute Gasteiger partial charge is 0.227 e. The SMILES string of the molecule is CN=C(NCCCCOc1ccc(F)cc1)NCc1ccc(N2CCCC2=O)cc1.I. The highest BCUT2D eigenvalue weighted by Crippen LogP contribution is 2.21. The quantitative estimate of drug-likeness (QED) is 0.218. The first-order valence-electron chi connectivity index (χ1n) is 10.4. The third-order valence-corrected chi connectivity index (χ3v) is 4.95. The Balaban J connectivity index is 0.00000341. The van der Waals surface area contributed by atoms with Crippen LogP contribution >= 0.6 is 24.0 Å². The van der Waals surface area contributed by atoms with Crippen LogP contribution < -0.4 is 20.3 Å². The third-order valence-electron chi connectivity index (χ3n) is 4.95. The molecule has 1 heterocycles. The summed E-state index contributed by atoms with van der Waals surface area (Å²) in [6, 6.07) is 14.1. The van der Waals surface area contributed by atoms with Crippen LogP contribution in [0.2, 0.25) is 0 Å². The number of ether oxygens (including phenoxy) is 1. The van der Waals surface area contributed by atoms with Crippen molar-refractivity contribution in [2.75, 3.05) is 31.6 Å². The molecule has 2 aromatic rings. The Bertz CT molecular complexity index is 844. The second kappa shape index (κ2) is 13.1. The van der Waals surface area contributed by atoms with E-state index in [4.69, 9.17) is 4.74 Å². The number of carbonyl (C=O) groups is 1. The molecule has 0 bridgehead atoms. The molecule has 0 saturated carbocycles. The summed E-state index contributed by atoms with van der Waals surface area (Å²) in [5, 5.41) is 6.59. The van der Waals surface area contributed by atoms with Crippen molar-refractivity contribution in [2.24, 2.45) is 4.99 Å². The number of benzene rings is 2. The lowest BCUT2D eigenvalue weighted by Gasteiger charge is -2.16. The summed E-state index contributed by atoms with van der Waals surface area (Å²) in [6.45, 7) is 2.83. The number of anilines is 1. The molecule has 1 aliphatic rings. The zero-order valence-electron chi connectivity index (χ0n) is 17.8. The molecule has 3 rings (SSSR count). The van der Waals surface area contributed by atoms with E-state index in [1.165, 1.54) is 12.1 Å². The van der Waals surface area contributed by atoms with E-state index in [1.807, 2.05) is 29.2 Å². The first-order chi connectivity index (χ1) is 14.7. The number of unbranched alkanes of at least 4 members (excludes halogenated alkanes) is 1. The van der Waals surface area contributed by atoms with Crippen molar-refractivity contribution < 1.29 is 13.9 Å². The van der Waals surface area contributed by atoms with Gasteiger partial charge in [-0.25, -0.2) is 4.39 Å². The molecule has 6 nitrogen and oxygen atoms in total. The van der Waals surface area contributed by atoms with Gasteiger partial charge in [0, 0.05) is 38.8 Å². The average molecular weight is 540 g/mol. The Morgan fingerprint density at radius 3 is 2.48 bits per heavy atom.